The van der Waals surface area contributed by atoms with Gasteiger partial charge in [-0.15, -0.1) is 0 Å². The number of hydrogen-bond acceptors (Lipinski definition) is 4. The highest BCUT2D eigenvalue weighted by molar-refractivity contribution is 5.94. The van der Waals surface area contributed by atoms with Crippen molar-refractivity contribution in [1.82, 2.24) is 5.32 Å². The largest absolute Gasteiger partial charge is 0.447 e. The Morgan fingerprint density at radius 2 is 1.85 bits per heavy atom. The van der Waals surface area contributed by atoms with Gasteiger partial charge in [-0.05, 0) is 60.4 Å². The normalized spacial score (nSPS) is 15.8. The third-order valence-electron chi connectivity index (χ3n) is 6.36. The first kappa shape index (κ1) is 21.1. The molecule has 0 radical (unpaired) electrons. The zero-order valence-electron chi connectivity index (χ0n) is 18.7. The van der Waals surface area contributed by atoms with Crippen molar-refractivity contribution in [2.45, 2.75) is 25.9 Å². The van der Waals surface area contributed by atoms with Crippen LogP contribution in [0.2, 0.25) is 0 Å². The van der Waals surface area contributed by atoms with Gasteiger partial charge in [0.25, 0.3) is 5.91 Å². The second-order valence-corrected chi connectivity index (χ2v) is 8.55. The summed E-state index contributed by atoms with van der Waals surface area (Å²) in [5.74, 6) is -0.119. The molecule has 6 heteroatoms. The van der Waals surface area contributed by atoms with E-state index >= 15 is 0 Å². The summed E-state index contributed by atoms with van der Waals surface area (Å²) in [6.45, 7) is 4.74. The van der Waals surface area contributed by atoms with Crippen LogP contribution in [0.4, 0.5) is 16.2 Å². The minimum atomic E-state index is -0.332. The van der Waals surface area contributed by atoms with Crippen LogP contribution in [0, 0.1) is 0 Å². The first-order valence-electron chi connectivity index (χ1n) is 11.4. The Hall–Kier alpha value is -3.80. The lowest BCUT2D eigenvalue weighted by atomic mass is 10.1. The molecule has 1 saturated heterocycles. The second-order valence-electron chi connectivity index (χ2n) is 8.55. The summed E-state index contributed by atoms with van der Waals surface area (Å²) >= 11 is 0. The van der Waals surface area contributed by atoms with Crippen LogP contribution >= 0.6 is 0 Å². The van der Waals surface area contributed by atoms with Crippen LogP contribution in [-0.4, -0.2) is 31.7 Å². The number of hydrogen-bond donors (Lipinski definition) is 1. The topological polar surface area (TPSA) is 61.9 Å². The number of rotatable bonds is 6. The Balaban J connectivity index is 1.22. The Kier molecular flexibility index (Phi) is 5.73. The van der Waals surface area contributed by atoms with E-state index < -0.39 is 0 Å². The summed E-state index contributed by atoms with van der Waals surface area (Å²) in [5.41, 5.74) is 6.23. The van der Waals surface area contributed by atoms with Crippen LogP contribution in [0.25, 0.3) is 0 Å². The molecule has 2 heterocycles. The van der Waals surface area contributed by atoms with Gasteiger partial charge in [0.15, 0.2) is 0 Å². The molecule has 1 unspecified atom stereocenters. The number of cyclic esters (lactones) is 1. The third kappa shape index (κ3) is 4.42. The van der Waals surface area contributed by atoms with Crippen molar-refractivity contribution in [2.75, 3.05) is 29.5 Å². The molecule has 33 heavy (non-hydrogen) atoms. The molecule has 2 aliphatic rings. The van der Waals surface area contributed by atoms with Crippen molar-refractivity contribution in [3.8, 4) is 0 Å². The number of para-hydroxylation sites is 1. The van der Waals surface area contributed by atoms with E-state index in [9.17, 15) is 9.59 Å². The lowest BCUT2D eigenvalue weighted by Gasteiger charge is -2.20. The first-order valence-corrected chi connectivity index (χ1v) is 11.4. The Bertz CT molecular complexity index is 1180. The van der Waals surface area contributed by atoms with Gasteiger partial charge in [-0.2, -0.15) is 0 Å². The Morgan fingerprint density at radius 3 is 2.64 bits per heavy atom. The average molecular weight is 442 g/mol. The lowest BCUT2D eigenvalue weighted by Crippen LogP contribution is -2.27. The van der Waals surface area contributed by atoms with E-state index in [1.807, 2.05) is 55.5 Å². The number of nitrogens with one attached hydrogen (secondary N) is 1. The van der Waals surface area contributed by atoms with Crippen LogP contribution in [0.1, 0.15) is 40.0 Å². The molecule has 1 N–H and O–H groups in total. The van der Waals surface area contributed by atoms with E-state index in [1.54, 1.807) is 4.90 Å². The highest BCUT2D eigenvalue weighted by Gasteiger charge is 2.24. The summed E-state index contributed by atoms with van der Waals surface area (Å²) < 4.78 is 5.03. The standard InChI is InChI=1S/C27H27N3O3/c1-19(23-6-4-7-24(17-23)30-15-16-33-27(30)32)28-26(31)22-11-9-20(10-12-22)18-29-14-13-21-5-2-3-8-25(21)29/h2-12,17,19H,13-16,18H2,1H3,(H,28,31). The van der Waals surface area contributed by atoms with Gasteiger partial charge in [-0.25, -0.2) is 4.79 Å². The predicted molar refractivity (Wildman–Crippen MR) is 129 cm³/mol. The van der Waals surface area contributed by atoms with Crippen LogP contribution in [0.3, 0.4) is 0 Å². The number of ether oxygens (including phenoxy) is 1. The van der Waals surface area contributed by atoms with Gasteiger partial charge in [-0.3, -0.25) is 9.69 Å². The number of carbonyl (C=O) groups excluding carboxylic acids is 2. The van der Waals surface area contributed by atoms with Crippen molar-refractivity contribution in [1.29, 1.82) is 0 Å². The summed E-state index contributed by atoms with van der Waals surface area (Å²) in [4.78, 5) is 28.7. The van der Waals surface area contributed by atoms with Crippen LogP contribution < -0.4 is 15.1 Å². The molecule has 6 nitrogen and oxygen atoms in total. The van der Waals surface area contributed by atoms with Gasteiger partial charge in [0.1, 0.15) is 6.61 Å². The van der Waals surface area contributed by atoms with E-state index in [2.05, 4.69) is 34.5 Å². The van der Waals surface area contributed by atoms with E-state index in [4.69, 9.17) is 4.74 Å². The van der Waals surface area contributed by atoms with Crippen molar-refractivity contribution < 1.29 is 14.3 Å². The van der Waals surface area contributed by atoms with E-state index in [0.717, 1.165) is 30.8 Å². The van der Waals surface area contributed by atoms with Crippen LogP contribution in [0.5, 0.6) is 0 Å². The van der Waals surface area contributed by atoms with Crippen molar-refractivity contribution in [3.63, 3.8) is 0 Å². The number of amides is 2. The van der Waals surface area contributed by atoms with Gasteiger partial charge < -0.3 is 15.0 Å². The molecular weight excluding hydrogens is 414 g/mol. The van der Waals surface area contributed by atoms with Gasteiger partial charge in [0.2, 0.25) is 0 Å². The Labute approximate surface area is 193 Å². The number of benzene rings is 3. The minimum absolute atomic E-state index is 0.119. The monoisotopic (exact) mass is 441 g/mol. The van der Waals surface area contributed by atoms with E-state index in [1.165, 1.54) is 16.8 Å². The quantitative estimate of drug-likeness (QED) is 0.603. The second kappa shape index (κ2) is 8.98. The number of nitrogens with zero attached hydrogens (tertiary/aromatic N) is 2. The summed E-state index contributed by atoms with van der Waals surface area (Å²) in [6.07, 6.45) is 0.746. The maximum absolute atomic E-state index is 12.8. The van der Waals surface area contributed by atoms with Crippen LogP contribution in [0.15, 0.2) is 72.8 Å². The molecule has 0 saturated carbocycles. The lowest BCUT2D eigenvalue weighted by molar-refractivity contribution is 0.0940. The fourth-order valence-corrected chi connectivity index (χ4v) is 4.51. The predicted octanol–water partition coefficient (Wildman–Crippen LogP) is 4.70. The highest BCUT2D eigenvalue weighted by atomic mass is 16.6. The molecule has 1 atom stereocenters. The summed E-state index contributed by atoms with van der Waals surface area (Å²) in [7, 11) is 0. The molecule has 3 aromatic rings. The van der Waals surface area contributed by atoms with Gasteiger partial charge in [0, 0.05) is 30.0 Å². The summed E-state index contributed by atoms with van der Waals surface area (Å²) in [6, 6.07) is 23.8. The first-order chi connectivity index (χ1) is 16.1. The zero-order chi connectivity index (χ0) is 22.8. The molecule has 168 valence electrons. The van der Waals surface area contributed by atoms with Crippen molar-refractivity contribution in [3.05, 3.63) is 95.1 Å². The van der Waals surface area contributed by atoms with Gasteiger partial charge >= 0.3 is 6.09 Å². The van der Waals surface area contributed by atoms with E-state index in [-0.39, 0.29) is 18.0 Å². The molecule has 0 bridgehead atoms. The maximum atomic E-state index is 12.8. The molecule has 3 aromatic carbocycles. The molecule has 0 spiro atoms. The highest BCUT2D eigenvalue weighted by Crippen LogP contribution is 2.29. The molecule has 0 aromatic heterocycles. The maximum Gasteiger partial charge on any atom is 0.414 e. The third-order valence-corrected chi connectivity index (χ3v) is 6.36. The number of fused-ring (bicyclic) bond motifs is 1. The Morgan fingerprint density at radius 1 is 1.03 bits per heavy atom. The zero-order valence-corrected chi connectivity index (χ0v) is 18.7. The smallest absolute Gasteiger partial charge is 0.414 e. The van der Waals surface area contributed by atoms with Crippen LogP contribution in [-0.2, 0) is 17.7 Å². The van der Waals surface area contributed by atoms with E-state index in [0.29, 0.717) is 18.7 Å². The fourth-order valence-electron chi connectivity index (χ4n) is 4.51. The van der Waals surface area contributed by atoms with Crippen molar-refractivity contribution >= 4 is 23.4 Å². The number of anilines is 2. The molecule has 2 aliphatic heterocycles. The number of carbonyl (C=O) groups is 2. The van der Waals surface area contributed by atoms with Crippen molar-refractivity contribution in [2.24, 2.45) is 0 Å². The molecule has 5 rings (SSSR count). The van der Waals surface area contributed by atoms with Gasteiger partial charge in [0.05, 0.1) is 12.6 Å². The molecule has 0 aliphatic carbocycles. The average Bonchev–Trinajstić information content (AvgIpc) is 3.46. The molecule has 2 amide bonds. The fraction of sp³-hybridized carbons (Fsp3) is 0.259. The minimum Gasteiger partial charge on any atom is -0.447 e. The van der Waals surface area contributed by atoms with Gasteiger partial charge in [-0.1, -0.05) is 42.5 Å². The SMILES string of the molecule is CC(NC(=O)c1ccc(CN2CCc3ccccc32)cc1)c1cccc(N2CCOC2=O)c1. The summed E-state index contributed by atoms with van der Waals surface area (Å²) in [5, 5.41) is 3.06. The molecule has 1 fully saturated rings. The molecular formula is C27H27N3O3.